The number of nitrogens with two attached hydrogens (primary N) is 1. The standard InChI is InChI=1S/C16H16N4/c1-20-13-3-2-10-18-14(13)19-15(20)16(8-9-16)11-4-6-12(17)7-5-11/h2-7,10H,8-9,17H2,1H3. The summed E-state index contributed by atoms with van der Waals surface area (Å²) in [5.74, 6) is 1.11. The maximum absolute atomic E-state index is 5.79. The Hall–Kier alpha value is -2.36. The molecule has 0 unspecified atom stereocenters. The largest absolute Gasteiger partial charge is 0.399 e. The number of fused-ring (bicyclic) bond motifs is 1. The molecule has 1 fully saturated rings. The van der Waals surface area contributed by atoms with E-state index in [1.54, 1.807) is 6.20 Å². The zero-order valence-electron chi connectivity index (χ0n) is 11.4. The second-order valence-electron chi connectivity index (χ2n) is 5.54. The minimum atomic E-state index is 0.0448. The van der Waals surface area contributed by atoms with E-state index in [1.165, 1.54) is 5.56 Å². The highest BCUT2D eigenvalue weighted by atomic mass is 15.1. The molecule has 4 rings (SSSR count). The first-order valence-electron chi connectivity index (χ1n) is 6.85. The van der Waals surface area contributed by atoms with Crippen molar-refractivity contribution in [2.45, 2.75) is 18.3 Å². The van der Waals surface area contributed by atoms with E-state index >= 15 is 0 Å². The maximum Gasteiger partial charge on any atom is 0.177 e. The third kappa shape index (κ3) is 1.48. The van der Waals surface area contributed by atoms with Gasteiger partial charge in [-0.2, -0.15) is 0 Å². The summed E-state index contributed by atoms with van der Waals surface area (Å²) in [4.78, 5) is 9.13. The number of pyridine rings is 1. The number of hydrogen-bond donors (Lipinski definition) is 1. The van der Waals surface area contributed by atoms with Gasteiger partial charge in [-0.05, 0) is 42.7 Å². The molecular weight excluding hydrogens is 248 g/mol. The van der Waals surface area contributed by atoms with Crippen LogP contribution in [0.15, 0.2) is 42.6 Å². The average Bonchev–Trinajstić information content (AvgIpc) is 3.20. The van der Waals surface area contributed by atoms with E-state index in [-0.39, 0.29) is 5.41 Å². The van der Waals surface area contributed by atoms with Crippen molar-refractivity contribution >= 4 is 16.9 Å². The van der Waals surface area contributed by atoms with Crippen molar-refractivity contribution in [2.24, 2.45) is 7.05 Å². The molecule has 4 nitrogen and oxygen atoms in total. The first-order valence-corrected chi connectivity index (χ1v) is 6.85. The van der Waals surface area contributed by atoms with Crippen LogP contribution in [0.1, 0.15) is 24.2 Å². The second-order valence-corrected chi connectivity index (χ2v) is 5.54. The molecule has 1 aromatic carbocycles. The monoisotopic (exact) mass is 264 g/mol. The molecule has 4 heteroatoms. The molecule has 0 spiro atoms. The molecule has 2 N–H and O–H groups in total. The van der Waals surface area contributed by atoms with Crippen LogP contribution in [0.4, 0.5) is 5.69 Å². The lowest BCUT2D eigenvalue weighted by molar-refractivity contribution is 0.705. The summed E-state index contributed by atoms with van der Waals surface area (Å²) in [6.45, 7) is 0. The van der Waals surface area contributed by atoms with Crippen LogP contribution >= 0.6 is 0 Å². The van der Waals surface area contributed by atoms with Crippen molar-refractivity contribution in [1.82, 2.24) is 14.5 Å². The zero-order valence-corrected chi connectivity index (χ0v) is 11.4. The summed E-state index contributed by atoms with van der Waals surface area (Å²) < 4.78 is 2.17. The summed E-state index contributed by atoms with van der Waals surface area (Å²) in [7, 11) is 2.07. The number of hydrogen-bond acceptors (Lipinski definition) is 3. The normalized spacial score (nSPS) is 16.4. The van der Waals surface area contributed by atoms with Crippen LogP contribution in [-0.2, 0) is 12.5 Å². The fourth-order valence-electron chi connectivity index (χ4n) is 3.02. The van der Waals surface area contributed by atoms with E-state index in [9.17, 15) is 0 Å². The first-order chi connectivity index (χ1) is 9.71. The Labute approximate surface area is 117 Å². The van der Waals surface area contributed by atoms with Gasteiger partial charge in [0.25, 0.3) is 0 Å². The Kier molecular flexibility index (Phi) is 2.19. The number of aryl methyl sites for hydroxylation is 1. The van der Waals surface area contributed by atoms with E-state index in [4.69, 9.17) is 10.7 Å². The van der Waals surface area contributed by atoms with E-state index in [1.807, 2.05) is 18.2 Å². The van der Waals surface area contributed by atoms with E-state index in [2.05, 4.69) is 34.8 Å². The SMILES string of the molecule is Cn1c(C2(c3ccc(N)cc3)CC2)nc2ncccc21. The molecule has 3 aromatic rings. The number of nitrogens with zero attached hydrogens (tertiary/aromatic N) is 3. The molecule has 100 valence electrons. The van der Waals surface area contributed by atoms with Crippen LogP contribution in [0, 0.1) is 0 Å². The molecule has 0 bridgehead atoms. The van der Waals surface area contributed by atoms with Crippen LogP contribution in [-0.4, -0.2) is 14.5 Å². The van der Waals surface area contributed by atoms with Gasteiger partial charge in [-0.25, -0.2) is 9.97 Å². The maximum atomic E-state index is 5.79. The fraction of sp³-hybridized carbons (Fsp3) is 0.250. The molecule has 20 heavy (non-hydrogen) atoms. The predicted molar refractivity (Wildman–Crippen MR) is 79.4 cm³/mol. The summed E-state index contributed by atoms with van der Waals surface area (Å²) in [5.41, 5.74) is 9.85. The lowest BCUT2D eigenvalue weighted by Crippen LogP contribution is -2.14. The van der Waals surface area contributed by atoms with Gasteiger partial charge in [0.05, 0.1) is 10.9 Å². The lowest BCUT2D eigenvalue weighted by atomic mass is 9.95. The van der Waals surface area contributed by atoms with Crippen LogP contribution in [0.5, 0.6) is 0 Å². The Bertz CT molecular complexity index is 782. The average molecular weight is 264 g/mol. The molecule has 0 aliphatic heterocycles. The van der Waals surface area contributed by atoms with Gasteiger partial charge in [0.1, 0.15) is 5.82 Å². The molecule has 0 amide bonds. The summed E-state index contributed by atoms with van der Waals surface area (Å²) >= 11 is 0. The molecule has 0 atom stereocenters. The lowest BCUT2D eigenvalue weighted by Gasteiger charge is -2.15. The highest BCUT2D eigenvalue weighted by Crippen LogP contribution is 2.53. The van der Waals surface area contributed by atoms with Gasteiger partial charge in [-0.1, -0.05) is 12.1 Å². The van der Waals surface area contributed by atoms with E-state index in [0.717, 1.165) is 35.5 Å². The van der Waals surface area contributed by atoms with Gasteiger partial charge in [-0.3, -0.25) is 0 Å². The van der Waals surface area contributed by atoms with Crippen molar-refractivity contribution in [3.8, 4) is 0 Å². The summed E-state index contributed by atoms with van der Waals surface area (Å²) in [6, 6.07) is 12.2. The predicted octanol–water partition coefficient (Wildman–Crippen LogP) is 2.63. The van der Waals surface area contributed by atoms with Gasteiger partial charge in [-0.15, -0.1) is 0 Å². The number of nitrogen functional groups attached to an aromatic ring is 1. The Morgan fingerprint density at radius 1 is 1.15 bits per heavy atom. The van der Waals surface area contributed by atoms with E-state index < -0.39 is 0 Å². The smallest absolute Gasteiger partial charge is 0.177 e. The highest BCUT2D eigenvalue weighted by molar-refractivity contribution is 5.72. The Morgan fingerprint density at radius 2 is 1.90 bits per heavy atom. The highest BCUT2D eigenvalue weighted by Gasteiger charge is 2.49. The molecule has 0 radical (unpaired) electrons. The van der Waals surface area contributed by atoms with Crippen LogP contribution in [0.25, 0.3) is 11.2 Å². The molecule has 1 aliphatic rings. The Morgan fingerprint density at radius 3 is 2.55 bits per heavy atom. The molecule has 2 heterocycles. The van der Waals surface area contributed by atoms with Crippen LogP contribution < -0.4 is 5.73 Å². The third-order valence-electron chi connectivity index (χ3n) is 4.30. The molecule has 1 saturated carbocycles. The van der Waals surface area contributed by atoms with Crippen LogP contribution in [0.2, 0.25) is 0 Å². The van der Waals surface area contributed by atoms with Crippen LogP contribution in [0.3, 0.4) is 0 Å². The fourth-order valence-corrected chi connectivity index (χ4v) is 3.02. The summed E-state index contributed by atoms with van der Waals surface area (Å²) in [6.07, 6.45) is 4.06. The van der Waals surface area contributed by atoms with Crippen molar-refractivity contribution in [1.29, 1.82) is 0 Å². The van der Waals surface area contributed by atoms with Crippen molar-refractivity contribution < 1.29 is 0 Å². The molecule has 0 saturated heterocycles. The number of benzene rings is 1. The second kappa shape index (κ2) is 3.82. The van der Waals surface area contributed by atoms with Gasteiger partial charge in [0.2, 0.25) is 0 Å². The van der Waals surface area contributed by atoms with Gasteiger partial charge < -0.3 is 10.3 Å². The number of aromatic nitrogens is 3. The number of rotatable bonds is 2. The molecule has 2 aromatic heterocycles. The minimum absolute atomic E-state index is 0.0448. The zero-order chi connectivity index (χ0) is 13.7. The van der Waals surface area contributed by atoms with E-state index in [0.29, 0.717) is 0 Å². The molecule has 1 aliphatic carbocycles. The minimum Gasteiger partial charge on any atom is -0.399 e. The Balaban J connectivity index is 1.90. The van der Waals surface area contributed by atoms with Crippen molar-refractivity contribution in [3.05, 3.63) is 54.0 Å². The van der Waals surface area contributed by atoms with Crippen molar-refractivity contribution in [2.75, 3.05) is 5.73 Å². The first kappa shape index (κ1) is 11.5. The third-order valence-corrected chi connectivity index (χ3v) is 4.30. The molecular formula is C16H16N4. The number of imidazole rings is 1. The van der Waals surface area contributed by atoms with Gasteiger partial charge in [0, 0.05) is 18.9 Å². The topological polar surface area (TPSA) is 56.7 Å². The van der Waals surface area contributed by atoms with Crippen molar-refractivity contribution in [3.63, 3.8) is 0 Å². The van der Waals surface area contributed by atoms with Gasteiger partial charge in [0.15, 0.2) is 5.65 Å². The summed E-state index contributed by atoms with van der Waals surface area (Å²) in [5, 5.41) is 0. The quantitative estimate of drug-likeness (QED) is 0.724. The number of anilines is 1. The van der Waals surface area contributed by atoms with Gasteiger partial charge >= 0.3 is 0 Å².